The zero-order valence-corrected chi connectivity index (χ0v) is 12.2. The topological polar surface area (TPSA) is 75.6 Å². The van der Waals surface area contributed by atoms with Gasteiger partial charge in [0, 0.05) is 12.1 Å². The number of ether oxygens (including phenoxy) is 1. The van der Waals surface area contributed by atoms with Crippen molar-refractivity contribution in [3.63, 3.8) is 0 Å². The number of aliphatic carboxylic acids is 1. The predicted octanol–water partition coefficient (Wildman–Crippen LogP) is 2.32. The minimum Gasteiger partial charge on any atom is -0.497 e. The number of carbonyl (C=O) groups excluding carboxylic acids is 1. The van der Waals surface area contributed by atoms with E-state index in [1.807, 2.05) is 0 Å². The second-order valence-corrected chi connectivity index (χ2v) is 5.50. The molecule has 0 saturated heterocycles. The second kappa shape index (κ2) is 7.11. The van der Waals surface area contributed by atoms with Crippen molar-refractivity contribution in [1.82, 2.24) is 5.32 Å². The van der Waals surface area contributed by atoms with Crippen molar-refractivity contribution in [3.05, 3.63) is 29.8 Å². The van der Waals surface area contributed by atoms with Crippen LogP contribution in [0.2, 0.25) is 0 Å². The summed E-state index contributed by atoms with van der Waals surface area (Å²) in [6.07, 6.45) is 3.12. The summed E-state index contributed by atoms with van der Waals surface area (Å²) in [6, 6.07) is 7.03. The average molecular weight is 291 g/mol. The molecule has 0 spiro atoms. The Bertz CT molecular complexity index is 507. The van der Waals surface area contributed by atoms with Gasteiger partial charge in [0.1, 0.15) is 5.75 Å². The lowest BCUT2D eigenvalue weighted by molar-refractivity contribution is -0.143. The Kier molecular flexibility index (Phi) is 5.20. The number of hydrogen-bond acceptors (Lipinski definition) is 3. The first-order chi connectivity index (χ1) is 10.1. The molecule has 5 nitrogen and oxygen atoms in total. The molecule has 1 saturated carbocycles. The van der Waals surface area contributed by atoms with E-state index in [0.717, 1.165) is 12.8 Å². The Hall–Kier alpha value is -2.04. The largest absolute Gasteiger partial charge is 0.497 e. The molecule has 1 amide bonds. The molecule has 0 heterocycles. The Labute approximate surface area is 124 Å². The molecule has 1 aromatic carbocycles. The molecule has 0 unspecified atom stereocenters. The normalized spacial score (nSPS) is 21.6. The lowest BCUT2D eigenvalue weighted by Gasteiger charge is -2.26. The molecule has 0 bridgehead atoms. The van der Waals surface area contributed by atoms with E-state index in [4.69, 9.17) is 9.84 Å². The van der Waals surface area contributed by atoms with Crippen molar-refractivity contribution in [3.8, 4) is 5.75 Å². The standard InChI is InChI=1S/C16H21NO4/c1-21-14-4-2-3-13(9-14)15(18)17-10-11-5-7-12(8-6-11)16(19)20/h2-4,9,11-12H,5-8,10H2,1H3,(H,17,18)(H,19,20). The van der Waals surface area contributed by atoms with Gasteiger partial charge in [-0.15, -0.1) is 0 Å². The first kappa shape index (κ1) is 15.4. The third kappa shape index (κ3) is 4.21. The molecular formula is C16H21NO4. The monoisotopic (exact) mass is 291 g/mol. The van der Waals surface area contributed by atoms with Crippen molar-refractivity contribution < 1.29 is 19.4 Å². The molecule has 2 N–H and O–H groups in total. The van der Waals surface area contributed by atoms with Crippen LogP contribution in [0.3, 0.4) is 0 Å². The smallest absolute Gasteiger partial charge is 0.306 e. The highest BCUT2D eigenvalue weighted by atomic mass is 16.5. The highest BCUT2D eigenvalue weighted by Gasteiger charge is 2.26. The fourth-order valence-corrected chi connectivity index (χ4v) is 2.72. The van der Waals surface area contributed by atoms with Crippen LogP contribution in [0, 0.1) is 11.8 Å². The van der Waals surface area contributed by atoms with Crippen molar-refractivity contribution in [2.75, 3.05) is 13.7 Å². The van der Waals surface area contributed by atoms with Gasteiger partial charge in [-0.25, -0.2) is 0 Å². The number of benzene rings is 1. The lowest BCUT2D eigenvalue weighted by Crippen LogP contribution is -2.32. The average Bonchev–Trinajstić information content (AvgIpc) is 2.53. The molecule has 2 rings (SSSR count). The van der Waals surface area contributed by atoms with E-state index in [2.05, 4.69) is 5.32 Å². The summed E-state index contributed by atoms with van der Waals surface area (Å²) < 4.78 is 5.10. The maximum Gasteiger partial charge on any atom is 0.306 e. The number of hydrogen-bond donors (Lipinski definition) is 2. The van der Waals surface area contributed by atoms with E-state index >= 15 is 0 Å². The Morgan fingerprint density at radius 2 is 2.00 bits per heavy atom. The summed E-state index contributed by atoms with van der Waals surface area (Å²) >= 11 is 0. The van der Waals surface area contributed by atoms with Gasteiger partial charge in [0.2, 0.25) is 0 Å². The van der Waals surface area contributed by atoms with Gasteiger partial charge in [-0.05, 0) is 49.8 Å². The van der Waals surface area contributed by atoms with Crippen molar-refractivity contribution in [2.24, 2.45) is 11.8 Å². The van der Waals surface area contributed by atoms with Gasteiger partial charge in [0.25, 0.3) is 5.91 Å². The number of carboxylic acids is 1. The van der Waals surface area contributed by atoms with Gasteiger partial charge >= 0.3 is 5.97 Å². The third-order valence-corrected chi connectivity index (χ3v) is 4.08. The van der Waals surface area contributed by atoms with Crippen LogP contribution in [0.4, 0.5) is 0 Å². The van der Waals surface area contributed by atoms with Crippen molar-refractivity contribution in [1.29, 1.82) is 0 Å². The van der Waals surface area contributed by atoms with E-state index < -0.39 is 5.97 Å². The molecule has 5 heteroatoms. The first-order valence-corrected chi connectivity index (χ1v) is 7.25. The Morgan fingerprint density at radius 1 is 1.29 bits per heavy atom. The van der Waals surface area contributed by atoms with E-state index in [9.17, 15) is 9.59 Å². The fraction of sp³-hybridized carbons (Fsp3) is 0.500. The van der Waals surface area contributed by atoms with Gasteiger partial charge in [-0.1, -0.05) is 6.07 Å². The second-order valence-electron chi connectivity index (χ2n) is 5.50. The van der Waals surface area contributed by atoms with E-state index in [1.54, 1.807) is 31.4 Å². The predicted molar refractivity (Wildman–Crippen MR) is 78.4 cm³/mol. The van der Waals surface area contributed by atoms with Gasteiger partial charge in [0.05, 0.1) is 13.0 Å². The summed E-state index contributed by atoms with van der Waals surface area (Å²) in [6.45, 7) is 0.600. The number of amides is 1. The molecule has 0 aromatic heterocycles. The molecule has 1 fully saturated rings. The number of carboxylic acid groups (broad SMARTS) is 1. The number of rotatable bonds is 5. The quantitative estimate of drug-likeness (QED) is 0.873. The molecule has 0 aliphatic heterocycles. The number of methoxy groups -OCH3 is 1. The van der Waals surface area contributed by atoms with Crippen LogP contribution in [0.1, 0.15) is 36.0 Å². The maximum atomic E-state index is 12.1. The van der Waals surface area contributed by atoms with Crippen LogP contribution in [0.25, 0.3) is 0 Å². The van der Waals surface area contributed by atoms with Crippen LogP contribution in [-0.4, -0.2) is 30.6 Å². The number of carbonyl (C=O) groups is 2. The molecule has 114 valence electrons. The highest BCUT2D eigenvalue weighted by Crippen LogP contribution is 2.28. The van der Waals surface area contributed by atoms with Gasteiger partial charge in [-0.3, -0.25) is 9.59 Å². The van der Waals surface area contributed by atoms with E-state index in [1.165, 1.54) is 0 Å². The summed E-state index contributed by atoms with van der Waals surface area (Å²) in [5.41, 5.74) is 0.577. The highest BCUT2D eigenvalue weighted by molar-refractivity contribution is 5.94. The minimum atomic E-state index is -0.700. The van der Waals surface area contributed by atoms with Crippen LogP contribution < -0.4 is 10.1 Å². The van der Waals surface area contributed by atoms with Crippen LogP contribution in [0.15, 0.2) is 24.3 Å². The van der Waals surface area contributed by atoms with Crippen LogP contribution >= 0.6 is 0 Å². The Balaban J connectivity index is 1.80. The van der Waals surface area contributed by atoms with Crippen molar-refractivity contribution in [2.45, 2.75) is 25.7 Å². The van der Waals surface area contributed by atoms with Crippen LogP contribution in [-0.2, 0) is 4.79 Å². The molecule has 0 atom stereocenters. The van der Waals surface area contributed by atoms with E-state index in [-0.39, 0.29) is 11.8 Å². The fourth-order valence-electron chi connectivity index (χ4n) is 2.72. The maximum absolute atomic E-state index is 12.1. The number of nitrogens with one attached hydrogen (secondary N) is 1. The summed E-state index contributed by atoms with van der Waals surface area (Å²) in [5, 5.41) is 11.9. The molecule has 0 radical (unpaired) electrons. The summed E-state index contributed by atoms with van der Waals surface area (Å²) in [7, 11) is 1.57. The summed E-state index contributed by atoms with van der Waals surface area (Å²) in [5.74, 6) is -0.00163. The van der Waals surface area contributed by atoms with Crippen molar-refractivity contribution >= 4 is 11.9 Å². The Morgan fingerprint density at radius 3 is 2.62 bits per heavy atom. The molecule has 1 aliphatic rings. The lowest BCUT2D eigenvalue weighted by atomic mass is 9.82. The molecule has 1 aromatic rings. The van der Waals surface area contributed by atoms with Gasteiger partial charge in [0.15, 0.2) is 0 Å². The first-order valence-electron chi connectivity index (χ1n) is 7.25. The van der Waals surface area contributed by atoms with Crippen LogP contribution in [0.5, 0.6) is 5.75 Å². The molecule has 1 aliphatic carbocycles. The minimum absolute atomic E-state index is 0.116. The molecular weight excluding hydrogens is 270 g/mol. The van der Waals surface area contributed by atoms with E-state index in [0.29, 0.717) is 36.6 Å². The zero-order chi connectivity index (χ0) is 15.2. The van der Waals surface area contributed by atoms with Gasteiger partial charge in [-0.2, -0.15) is 0 Å². The summed E-state index contributed by atoms with van der Waals surface area (Å²) in [4.78, 5) is 23.0. The molecule has 21 heavy (non-hydrogen) atoms. The van der Waals surface area contributed by atoms with Gasteiger partial charge < -0.3 is 15.2 Å². The SMILES string of the molecule is COc1cccc(C(=O)NCC2CCC(C(=O)O)CC2)c1. The third-order valence-electron chi connectivity index (χ3n) is 4.08. The zero-order valence-electron chi connectivity index (χ0n) is 12.2.